The van der Waals surface area contributed by atoms with Crippen molar-refractivity contribution < 1.29 is 13.2 Å². The molecule has 1 amide bonds. The minimum atomic E-state index is -3.20. The largest absolute Gasteiger partial charge is 0.326 e. The quantitative estimate of drug-likeness (QED) is 0.825. The van der Waals surface area contributed by atoms with Gasteiger partial charge in [0.1, 0.15) is 0 Å². The molecule has 1 saturated heterocycles. The second-order valence-corrected chi connectivity index (χ2v) is 10.3. The van der Waals surface area contributed by atoms with Gasteiger partial charge in [0.15, 0.2) is 9.84 Å². The van der Waals surface area contributed by atoms with Crippen LogP contribution in [0.2, 0.25) is 0 Å². The van der Waals surface area contributed by atoms with Crippen LogP contribution in [0.1, 0.15) is 45.6 Å². The van der Waals surface area contributed by atoms with E-state index in [2.05, 4.69) is 10.6 Å². The molecular formula is C18H28N2O3S. The van der Waals surface area contributed by atoms with Gasteiger partial charge in [-0.2, -0.15) is 0 Å². The Bertz CT molecular complexity index is 654. The number of rotatable bonds is 6. The molecule has 2 rings (SSSR count). The lowest BCUT2D eigenvalue weighted by atomic mass is 10.0. The molecule has 0 bridgehead atoms. The molecule has 1 aromatic rings. The van der Waals surface area contributed by atoms with Gasteiger partial charge in [-0.3, -0.25) is 4.79 Å². The number of carbonyl (C=O) groups is 1. The van der Waals surface area contributed by atoms with E-state index >= 15 is 0 Å². The summed E-state index contributed by atoms with van der Waals surface area (Å²) < 4.78 is 23.7. The molecule has 1 heterocycles. The van der Waals surface area contributed by atoms with E-state index < -0.39 is 14.6 Å². The van der Waals surface area contributed by atoms with Crippen LogP contribution in [0.4, 0.5) is 5.69 Å². The topological polar surface area (TPSA) is 75.3 Å². The molecule has 1 aliphatic heterocycles. The number of benzene rings is 1. The van der Waals surface area contributed by atoms with E-state index in [-0.39, 0.29) is 11.7 Å². The molecule has 0 aromatic heterocycles. The van der Waals surface area contributed by atoms with E-state index in [1.54, 1.807) is 45.0 Å². The summed E-state index contributed by atoms with van der Waals surface area (Å²) in [6, 6.07) is 7.06. The summed E-state index contributed by atoms with van der Waals surface area (Å²) >= 11 is 0. The van der Waals surface area contributed by atoms with Crippen molar-refractivity contribution in [3.63, 3.8) is 0 Å². The Labute approximate surface area is 145 Å². The minimum Gasteiger partial charge on any atom is -0.326 e. The fraction of sp³-hybridized carbons (Fsp3) is 0.611. The number of hydrogen-bond acceptors (Lipinski definition) is 4. The Hall–Kier alpha value is -1.40. The van der Waals surface area contributed by atoms with E-state index in [1.807, 2.05) is 0 Å². The minimum absolute atomic E-state index is 0.0111. The first kappa shape index (κ1) is 18.9. The Morgan fingerprint density at radius 2 is 1.92 bits per heavy atom. The van der Waals surface area contributed by atoms with Gasteiger partial charge in [0, 0.05) is 12.1 Å². The number of hydrogen-bond donors (Lipinski definition) is 2. The molecule has 0 spiro atoms. The second-order valence-electron chi connectivity index (χ2n) is 7.51. The number of amides is 1. The smallest absolute Gasteiger partial charge is 0.224 e. The number of carbonyl (C=O) groups excluding carboxylic acids is 1. The predicted molar refractivity (Wildman–Crippen MR) is 97.7 cm³/mol. The first-order chi connectivity index (χ1) is 11.2. The molecule has 0 radical (unpaired) electrons. The van der Waals surface area contributed by atoms with Crippen LogP contribution < -0.4 is 10.6 Å². The van der Waals surface area contributed by atoms with Gasteiger partial charge in [-0.15, -0.1) is 0 Å². The van der Waals surface area contributed by atoms with Gasteiger partial charge in [-0.25, -0.2) is 8.42 Å². The number of anilines is 1. The van der Waals surface area contributed by atoms with Crippen LogP contribution in [0.5, 0.6) is 0 Å². The second kappa shape index (κ2) is 7.66. The van der Waals surface area contributed by atoms with E-state index in [0.717, 1.165) is 31.5 Å². The van der Waals surface area contributed by atoms with Crippen molar-refractivity contribution >= 4 is 21.4 Å². The molecule has 24 heavy (non-hydrogen) atoms. The zero-order chi connectivity index (χ0) is 17.8. The maximum atomic E-state index is 12.2. The van der Waals surface area contributed by atoms with E-state index in [1.165, 1.54) is 0 Å². The predicted octanol–water partition coefficient (Wildman–Crippen LogP) is 2.73. The Kier molecular flexibility index (Phi) is 6.04. The van der Waals surface area contributed by atoms with Gasteiger partial charge in [-0.05, 0) is 70.3 Å². The summed E-state index contributed by atoms with van der Waals surface area (Å²) in [6.07, 6.45) is 2.57. The Morgan fingerprint density at radius 3 is 2.46 bits per heavy atom. The van der Waals surface area contributed by atoms with Crippen LogP contribution >= 0.6 is 0 Å². The average Bonchev–Trinajstić information content (AvgIpc) is 2.99. The molecule has 1 aromatic carbocycles. The van der Waals surface area contributed by atoms with Crippen molar-refractivity contribution in [2.24, 2.45) is 5.92 Å². The summed E-state index contributed by atoms with van der Waals surface area (Å²) in [5.41, 5.74) is 1.45. The fourth-order valence-corrected chi connectivity index (χ4v) is 3.70. The normalized spacial score (nSPS) is 18.5. The molecule has 0 saturated carbocycles. The van der Waals surface area contributed by atoms with E-state index in [4.69, 9.17) is 0 Å². The lowest BCUT2D eigenvalue weighted by Gasteiger charge is -2.19. The average molecular weight is 353 g/mol. The molecule has 1 unspecified atom stereocenters. The third kappa shape index (κ3) is 5.31. The zero-order valence-corrected chi connectivity index (χ0v) is 15.6. The molecule has 0 aliphatic carbocycles. The Morgan fingerprint density at radius 1 is 1.25 bits per heavy atom. The Balaban J connectivity index is 1.86. The van der Waals surface area contributed by atoms with Crippen molar-refractivity contribution in [1.82, 2.24) is 5.32 Å². The fourth-order valence-electron chi connectivity index (χ4n) is 2.64. The third-order valence-electron chi connectivity index (χ3n) is 4.47. The molecular weight excluding hydrogens is 324 g/mol. The maximum Gasteiger partial charge on any atom is 0.224 e. The van der Waals surface area contributed by atoms with Gasteiger partial charge in [-0.1, -0.05) is 12.1 Å². The van der Waals surface area contributed by atoms with Crippen LogP contribution in [-0.2, 0) is 20.4 Å². The molecule has 134 valence electrons. The van der Waals surface area contributed by atoms with Crippen molar-refractivity contribution in [3.05, 3.63) is 29.8 Å². The standard InChI is InChI=1S/C18H28N2O3S/c1-18(2,3)24(22,23)13-15-4-7-16(8-5-15)20-17(21)9-6-14-10-11-19-12-14/h4-5,7-8,14,19H,6,9-13H2,1-3H3,(H,20,21). The van der Waals surface area contributed by atoms with Crippen LogP contribution in [0, 0.1) is 5.92 Å². The van der Waals surface area contributed by atoms with Crippen LogP contribution in [0.15, 0.2) is 24.3 Å². The van der Waals surface area contributed by atoms with Gasteiger partial charge in [0.2, 0.25) is 5.91 Å². The van der Waals surface area contributed by atoms with Crippen molar-refractivity contribution in [1.29, 1.82) is 0 Å². The summed E-state index contributed by atoms with van der Waals surface area (Å²) in [5, 5.41) is 6.18. The van der Waals surface area contributed by atoms with Crippen LogP contribution in [0.3, 0.4) is 0 Å². The summed E-state index contributed by atoms with van der Waals surface area (Å²) in [6.45, 7) is 7.17. The van der Waals surface area contributed by atoms with Gasteiger partial charge < -0.3 is 10.6 Å². The van der Waals surface area contributed by atoms with Crippen LogP contribution in [0.25, 0.3) is 0 Å². The number of sulfone groups is 1. The van der Waals surface area contributed by atoms with Crippen LogP contribution in [-0.4, -0.2) is 32.2 Å². The molecule has 6 heteroatoms. The lowest BCUT2D eigenvalue weighted by molar-refractivity contribution is -0.116. The SMILES string of the molecule is CC(C)(C)S(=O)(=O)Cc1ccc(NC(=O)CCC2CCNC2)cc1. The zero-order valence-electron chi connectivity index (χ0n) is 14.8. The van der Waals surface area contributed by atoms with Gasteiger partial charge in [0.25, 0.3) is 0 Å². The highest BCUT2D eigenvalue weighted by atomic mass is 32.2. The van der Waals surface area contributed by atoms with Crippen molar-refractivity contribution in [2.45, 2.75) is 50.5 Å². The highest BCUT2D eigenvalue weighted by molar-refractivity contribution is 7.91. The van der Waals surface area contributed by atoms with Crippen molar-refractivity contribution in [3.8, 4) is 0 Å². The summed E-state index contributed by atoms with van der Waals surface area (Å²) in [7, 11) is -3.20. The highest BCUT2D eigenvalue weighted by Gasteiger charge is 2.28. The van der Waals surface area contributed by atoms with E-state index in [0.29, 0.717) is 18.0 Å². The first-order valence-electron chi connectivity index (χ1n) is 8.49. The molecule has 1 aliphatic rings. The van der Waals surface area contributed by atoms with Gasteiger partial charge in [0.05, 0.1) is 10.5 Å². The maximum absolute atomic E-state index is 12.2. The third-order valence-corrected chi connectivity index (χ3v) is 7.05. The highest BCUT2D eigenvalue weighted by Crippen LogP contribution is 2.21. The van der Waals surface area contributed by atoms with Gasteiger partial charge >= 0.3 is 0 Å². The molecule has 1 fully saturated rings. The first-order valence-corrected chi connectivity index (χ1v) is 10.1. The van der Waals surface area contributed by atoms with E-state index in [9.17, 15) is 13.2 Å². The molecule has 1 atom stereocenters. The number of nitrogens with one attached hydrogen (secondary N) is 2. The summed E-state index contributed by atoms with van der Waals surface area (Å²) in [4.78, 5) is 12.0. The molecule has 5 nitrogen and oxygen atoms in total. The lowest BCUT2D eigenvalue weighted by Crippen LogP contribution is -2.29. The molecule has 2 N–H and O–H groups in total. The summed E-state index contributed by atoms with van der Waals surface area (Å²) in [5.74, 6) is 0.622. The monoisotopic (exact) mass is 352 g/mol. The van der Waals surface area contributed by atoms with Crippen molar-refractivity contribution in [2.75, 3.05) is 18.4 Å².